The second-order valence-electron chi connectivity index (χ2n) is 5.10. The molecule has 4 heteroatoms. The predicted molar refractivity (Wildman–Crippen MR) is 89.0 cm³/mol. The van der Waals surface area contributed by atoms with Crippen molar-refractivity contribution in [2.24, 2.45) is 5.73 Å². The molecule has 4 nitrogen and oxygen atoms in total. The van der Waals surface area contributed by atoms with Crippen LogP contribution in [-0.2, 0) is 6.61 Å². The Morgan fingerprint density at radius 1 is 0.957 bits per heavy atom. The van der Waals surface area contributed by atoms with Crippen molar-refractivity contribution in [1.82, 2.24) is 4.98 Å². The van der Waals surface area contributed by atoms with E-state index >= 15 is 0 Å². The van der Waals surface area contributed by atoms with E-state index in [1.54, 1.807) is 12.1 Å². The summed E-state index contributed by atoms with van der Waals surface area (Å²) >= 11 is 0. The molecule has 2 N–H and O–H groups in total. The maximum Gasteiger partial charge on any atom is 0.250 e. The van der Waals surface area contributed by atoms with Crippen LogP contribution in [0.1, 0.15) is 15.9 Å². The molecule has 0 radical (unpaired) electrons. The first kappa shape index (κ1) is 14.8. The molecule has 0 spiro atoms. The van der Waals surface area contributed by atoms with Crippen LogP contribution in [0.3, 0.4) is 0 Å². The topological polar surface area (TPSA) is 65.2 Å². The number of aromatic nitrogens is 1. The second-order valence-corrected chi connectivity index (χ2v) is 5.10. The van der Waals surface area contributed by atoms with Crippen molar-refractivity contribution in [3.63, 3.8) is 0 Å². The van der Waals surface area contributed by atoms with E-state index in [9.17, 15) is 4.79 Å². The van der Waals surface area contributed by atoms with Crippen LogP contribution in [0.15, 0.2) is 72.9 Å². The molecular weight excluding hydrogens is 288 g/mol. The Balaban J connectivity index is 1.68. The molecule has 0 unspecified atom stereocenters. The van der Waals surface area contributed by atoms with Gasteiger partial charge in [-0.25, -0.2) is 0 Å². The van der Waals surface area contributed by atoms with Gasteiger partial charge in [-0.05, 0) is 42.0 Å². The number of carbonyl (C=O) groups is 1. The number of pyridine rings is 1. The molecule has 0 aliphatic carbocycles. The highest BCUT2D eigenvalue weighted by Crippen LogP contribution is 2.21. The number of nitrogens with zero attached hydrogens (tertiary/aromatic N) is 1. The molecule has 0 atom stereocenters. The van der Waals surface area contributed by atoms with Crippen molar-refractivity contribution in [2.75, 3.05) is 0 Å². The van der Waals surface area contributed by atoms with Gasteiger partial charge in [-0.2, -0.15) is 0 Å². The second kappa shape index (κ2) is 6.75. The smallest absolute Gasteiger partial charge is 0.250 e. The van der Waals surface area contributed by atoms with Crippen molar-refractivity contribution in [3.8, 4) is 17.0 Å². The average Bonchev–Trinajstić information content (AvgIpc) is 2.61. The first-order valence-corrected chi connectivity index (χ1v) is 7.25. The molecule has 1 aromatic heterocycles. The Kier molecular flexibility index (Phi) is 4.34. The van der Waals surface area contributed by atoms with Crippen LogP contribution in [0.5, 0.6) is 5.75 Å². The SMILES string of the molecule is NC(=O)c1ccc(-c2ccc(OCc3ccccc3)cc2)nc1. The number of ether oxygens (including phenoxy) is 1. The molecule has 0 aliphatic heterocycles. The van der Waals surface area contributed by atoms with Crippen molar-refractivity contribution in [1.29, 1.82) is 0 Å². The lowest BCUT2D eigenvalue weighted by Gasteiger charge is -2.07. The van der Waals surface area contributed by atoms with Crippen LogP contribution in [0.2, 0.25) is 0 Å². The highest BCUT2D eigenvalue weighted by atomic mass is 16.5. The van der Waals surface area contributed by atoms with Crippen LogP contribution >= 0.6 is 0 Å². The van der Waals surface area contributed by atoms with E-state index in [1.807, 2.05) is 54.6 Å². The fourth-order valence-electron chi connectivity index (χ4n) is 2.17. The molecule has 1 heterocycles. The van der Waals surface area contributed by atoms with E-state index in [2.05, 4.69) is 4.98 Å². The van der Waals surface area contributed by atoms with Crippen molar-refractivity contribution in [2.45, 2.75) is 6.61 Å². The normalized spacial score (nSPS) is 10.3. The minimum absolute atomic E-state index is 0.400. The van der Waals surface area contributed by atoms with E-state index in [0.717, 1.165) is 22.6 Å². The van der Waals surface area contributed by atoms with Crippen LogP contribution < -0.4 is 10.5 Å². The zero-order chi connectivity index (χ0) is 16.1. The van der Waals surface area contributed by atoms with Gasteiger partial charge < -0.3 is 10.5 Å². The molecule has 114 valence electrons. The van der Waals surface area contributed by atoms with Gasteiger partial charge in [-0.3, -0.25) is 9.78 Å². The van der Waals surface area contributed by atoms with Crippen molar-refractivity contribution < 1.29 is 9.53 Å². The fraction of sp³-hybridized carbons (Fsp3) is 0.0526. The number of benzene rings is 2. The number of primary amides is 1. The summed E-state index contributed by atoms with van der Waals surface area (Å²) < 4.78 is 5.75. The molecule has 3 rings (SSSR count). The standard InChI is InChI=1S/C19H16N2O2/c20-19(22)16-8-11-18(21-12-16)15-6-9-17(10-7-15)23-13-14-4-2-1-3-5-14/h1-12H,13H2,(H2,20,22). The van der Waals surface area contributed by atoms with Gasteiger partial charge in [0.2, 0.25) is 5.91 Å². The molecule has 23 heavy (non-hydrogen) atoms. The maximum atomic E-state index is 11.0. The quantitative estimate of drug-likeness (QED) is 0.785. The Morgan fingerprint density at radius 2 is 1.70 bits per heavy atom. The van der Waals surface area contributed by atoms with Gasteiger partial charge >= 0.3 is 0 Å². The molecule has 0 aliphatic rings. The molecule has 2 aromatic carbocycles. The van der Waals surface area contributed by atoms with Crippen LogP contribution in [0, 0.1) is 0 Å². The fourth-order valence-corrected chi connectivity index (χ4v) is 2.17. The summed E-state index contributed by atoms with van der Waals surface area (Å²) in [5.41, 5.74) is 8.47. The van der Waals surface area contributed by atoms with E-state index in [-0.39, 0.29) is 0 Å². The molecule has 3 aromatic rings. The van der Waals surface area contributed by atoms with Gasteiger partial charge in [0.05, 0.1) is 11.3 Å². The van der Waals surface area contributed by atoms with Gasteiger partial charge in [0.15, 0.2) is 0 Å². The minimum atomic E-state index is -0.478. The Hall–Kier alpha value is -3.14. The highest BCUT2D eigenvalue weighted by Gasteiger charge is 2.04. The summed E-state index contributed by atoms with van der Waals surface area (Å²) in [6.07, 6.45) is 1.48. The molecule has 0 saturated carbocycles. The summed E-state index contributed by atoms with van der Waals surface area (Å²) in [5, 5.41) is 0. The summed E-state index contributed by atoms with van der Waals surface area (Å²) in [4.78, 5) is 15.3. The molecule has 1 amide bonds. The molecule has 0 bridgehead atoms. The number of nitrogens with two attached hydrogens (primary N) is 1. The molecular formula is C19H16N2O2. The average molecular weight is 304 g/mol. The third-order valence-corrected chi connectivity index (χ3v) is 3.45. The largest absolute Gasteiger partial charge is 0.489 e. The van der Waals surface area contributed by atoms with Gasteiger partial charge in [0, 0.05) is 11.8 Å². The maximum absolute atomic E-state index is 11.0. The van der Waals surface area contributed by atoms with Crippen molar-refractivity contribution >= 4 is 5.91 Å². The lowest BCUT2D eigenvalue weighted by molar-refractivity contribution is 0.1000. The van der Waals surface area contributed by atoms with E-state index in [4.69, 9.17) is 10.5 Å². The summed E-state index contributed by atoms with van der Waals surface area (Å²) in [6.45, 7) is 0.533. The molecule has 0 saturated heterocycles. The number of amides is 1. The van der Waals surface area contributed by atoms with Gasteiger partial charge in [-0.1, -0.05) is 30.3 Å². The lowest BCUT2D eigenvalue weighted by atomic mass is 10.1. The van der Waals surface area contributed by atoms with Gasteiger partial charge in [-0.15, -0.1) is 0 Å². The van der Waals surface area contributed by atoms with Gasteiger partial charge in [0.1, 0.15) is 12.4 Å². The lowest BCUT2D eigenvalue weighted by Crippen LogP contribution is -2.10. The van der Waals surface area contributed by atoms with E-state index < -0.39 is 5.91 Å². The highest BCUT2D eigenvalue weighted by molar-refractivity contribution is 5.92. The predicted octanol–water partition coefficient (Wildman–Crippen LogP) is 3.43. The number of hydrogen-bond donors (Lipinski definition) is 1. The third-order valence-electron chi connectivity index (χ3n) is 3.45. The number of carbonyl (C=O) groups excluding carboxylic acids is 1. The van der Waals surface area contributed by atoms with Crippen LogP contribution in [0.4, 0.5) is 0 Å². The summed E-state index contributed by atoms with van der Waals surface area (Å²) in [7, 11) is 0. The number of rotatable bonds is 5. The Labute approximate surface area is 134 Å². The summed E-state index contributed by atoms with van der Waals surface area (Å²) in [6, 6.07) is 21.1. The zero-order valence-electron chi connectivity index (χ0n) is 12.5. The monoisotopic (exact) mass is 304 g/mol. The van der Waals surface area contributed by atoms with Crippen molar-refractivity contribution in [3.05, 3.63) is 84.1 Å². The Morgan fingerprint density at radius 3 is 2.30 bits per heavy atom. The zero-order valence-corrected chi connectivity index (χ0v) is 12.5. The first-order chi connectivity index (χ1) is 11.2. The minimum Gasteiger partial charge on any atom is -0.489 e. The van der Waals surface area contributed by atoms with Crippen LogP contribution in [-0.4, -0.2) is 10.9 Å². The third kappa shape index (κ3) is 3.74. The first-order valence-electron chi connectivity index (χ1n) is 7.25. The van der Waals surface area contributed by atoms with E-state index in [0.29, 0.717) is 12.2 Å². The molecule has 0 fully saturated rings. The van der Waals surface area contributed by atoms with Crippen LogP contribution in [0.25, 0.3) is 11.3 Å². The summed E-state index contributed by atoms with van der Waals surface area (Å²) in [5.74, 6) is 0.320. The Bertz CT molecular complexity index is 782. The number of hydrogen-bond acceptors (Lipinski definition) is 3. The van der Waals surface area contributed by atoms with E-state index in [1.165, 1.54) is 6.20 Å². The van der Waals surface area contributed by atoms with Gasteiger partial charge in [0.25, 0.3) is 0 Å².